The molecule has 0 radical (unpaired) electrons. The Balaban J connectivity index is 0.00000312. The number of nitrogens with zero attached hydrogens (tertiary/aromatic N) is 2. The molecule has 0 saturated carbocycles. The van der Waals surface area contributed by atoms with Crippen LogP contribution in [-0.2, 0) is 14.8 Å². The number of hydrogen-bond donors (Lipinski definition) is 1. The Morgan fingerprint density at radius 1 is 1.08 bits per heavy atom. The van der Waals surface area contributed by atoms with Crippen molar-refractivity contribution >= 4 is 28.4 Å². The lowest BCUT2D eigenvalue weighted by Crippen LogP contribution is -2.35. The molecule has 1 fully saturated rings. The van der Waals surface area contributed by atoms with Crippen molar-refractivity contribution in [2.45, 2.75) is 30.6 Å². The largest absolute Gasteiger partial charge is 0.481 e. The van der Waals surface area contributed by atoms with Crippen molar-refractivity contribution in [3.05, 3.63) is 30.1 Å². The molecule has 0 unspecified atom stereocenters. The third-order valence-corrected chi connectivity index (χ3v) is 6.03. The van der Waals surface area contributed by atoms with E-state index in [1.165, 1.54) is 16.4 Å². The van der Waals surface area contributed by atoms with E-state index in [0.29, 0.717) is 26.1 Å². The van der Waals surface area contributed by atoms with Gasteiger partial charge in [-0.1, -0.05) is 0 Å². The van der Waals surface area contributed by atoms with Gasteiger partial charge in [0.2, 0.25) is 10.0 Å². The molecule has 1 aromatic rings. The fourth-order valence-electron chi connectivity index (χ4n) is 2.78. The highest BCUT2D eigenvalue weighted by atomic mass is 35.5. The van der Waals surface area contributed by atoms with Crippen molar-refractivity contribution in [3.63, 3.8) is 0 Å². The Hall–Kier alpha value is -1.22. The zero-order valence-corrected chi connectivity index (χ0v) is 15.6. The van der Waals surface area contributed by atoms with Gasteiger partial charge in [0.05, 0.1) is 4.90 Å². The van der Waals surface area contributed by atoms with Gasteiger partial charge in [-0.2, -0.15) is 4.31 Å². The number of carboxylic acid groups (broad SMARTS) is 1. The van der Waals surface area contributed by atoms with E-state index in [-0.39, 0.29) is 23.7 Å². The lowest BCUT2D eigenvalue weighted by atomic mass is 10.2. The number of rotatable bonds is 7. The number of carboxylic acids is 1. The van der Waals surface area contributed by atoms with Crippen LogP contribution >= 0.6 is 12.4 Å². The average Bonchev–Trinajstić information content (AvgIpc) is 2.78. The van der Waals surface area contributed by atoms with Crippen LogP contribution in [0.15, 0.2) is 29.2 Å². The Labute approximate surface area is 154 Å². The molecular formula is C16H24ClFN2O4S. The van der Waals surface area contributed by atoms with Gasteiger partial charge in [-0.15, -0.1) is 12.4 Å². The summed E-state index contributed by atoms with van der Waals surface area (Å²) in [6, 6.07) is 4.89. The van der Waals surface area contributed by atoms with Gasteiger partial charge < -0.3 is 10.0 Å². The topological polar surface area (TPSA) is 77.9 Å². The number of aliphatic carboxylic acids is 1. The maximum absolute atomic E-state index is 13.0. The molecule has 0 bridgehead atoms. The van der Waals surface area contributed by atoms with Crippen LogP contribution in [0.5, 0.6) is 0 Å². The van der Waals surface area contributed by atoms with Gasteiger partial charge in [0, 0.05) is 26.1 Å². The van der Waals surface area contributed by atoms with E-state index in [4.69, 9.17) is 5.11 Å². The smallest absolute Gasteiger partial charge is 0.303 e. The number of hydrogen-bond acceptors (Lipinski definition) is 4. The molecule has 6 nitrogen and oxygen atoms in total. The molecule has 2 rings (SSSR count). The van der Waals surface area contributed by atoms with E-state index in [9.17, 15) is 17.6 Å². The normalized spacial score (nSPS) is 16.8. The second-order valence-corrected chi connectivity index (χ2v) is 7.84. The van der Waals surface area contributed by atoms with E-state index in [2.05, 4.69) is 4.90 Å². The number of carbonyl (C=O) groups is 1. The van der Waals surface area contributed by atoms with Crippen molar-refractivity contribution in [2.24, 2.45) is 0 Å². The molecule has 1 N–H and O–H groups in total. The van der Waals surface area contributed by atoms with Crippen LogP contribution in [-0.4, -0.2) is 61.4 Å². The number of sulfonamides is 1. The molecule has 9 heteroatoms. The summed E-state index contributed by atoms with van der Waals surface area (Å²) in [6.45, 7) is 3.01. The van der Waals surface area contributed by atoms with Crippen molar-refractivity contribution in [1.29, 1.82) is 0 Å². The minimum absolute atomic E-state index is 0. The van der Waals surface area contributed by atoms with Crippen molar-refractivity contribution in [3.8, 4) is 0 Å². The Kier molecular flexibility index (Phi) is 8.78. The first-order valence-corrected chi connectivity index (χ1v) is 9.53. The number of halogens is 2. The molecule has 0 spiro atoms. The summed E-state index contributed by atoms with van der Waals surface area (Å²) < 4.78 is 39.6. The van der Waals surface area contributed by atoms with Crippen LogP contribution in [0, 0.1) is 5.82 Å². The molecule has 1 heterocycles. The second-order valence-electron chi connectivity index (χ2n) is 5.90. The van der Waals surface area contributed by atoms with Gasteiger partial charge in [-0.25, -0.2) is 12.8 Å². The first-order chi connectivity index (χ1) is 11.4. The number of benzene rings is 1. The second kappa shape index (κ2) is 10.1. The molecule has 1 aliphatic rings. The molecule has 25 heavy (non-hydrogen) atoms. The SMILES string of the molecule is Cl.O=C(O)CCCCN1CCCN(S(=O)(=O)c2ccc(F)cc2)CC1. The Morgan fingerprint density at radius 3 is 2.40 bits per heavy atom. The minimum Gasteiger partial charge on any atom is -0.481 e. The maximum atomic E-state index is 13.0. The van der Waals surface area contributed by atoms with Gasteiger partial charge >= 0.3 is 5.97 Å². The first-order valence-electron chi connectivity index (χ1n) is 8.09. The van der Waals surface area contributed by atoms with Crippen molar-refractivity contribution in [2.75, 3.05) is 32.7 Å². The van der Waals surface area contributed by atoms with E-state index in [1.54, 1.807) is 0 Å². The van der Waals surface area contributed by atoms with Gasteiger partial charge in [0.15, 0.2) is 0 Å². The van der Waals surface area contributed by atoms with Crippen LogP contribution in [0.3, 0.4) is 0 Å². The lowest BCUT2D eigenvalue weighted by molar-refractivity contribution is -0.137. The third-order valence-electron chi connectivity index (χ3n) is 4.11. The van der Waals surface area contributed by atoms with Gasteiger partial charge in [0.1, 0.15) is 5.82 Å². The van der Waals surface area contributed by atoms with Crippen LogP contribution in [0.4, 0.5) is 4.39 Å². The van der Waals surface area contributed by atoms with E-state index in [0.717, 1.165) is 38.1 Å². The molecule has 1 saturated heterocycles. The average molecular weight is 395 g/mol. The predicted octanol–water partition coefficient (Wildman–Crippen LogP) is 2.20. The zero-order chi connectivity index (χ0) is 17.6. The van der Waals surface area contributed by atoms with Crippen molar-refractivity contribution in [1.82, 2.24) is 9.21 Å². The summed E-state index contributed by atoms with van der Waals surface area (Å²) in [4.78, 5) is 12.8. The molecule has 0 aliphatic carbocycles. The summed E-state index contributed by atoms with van der Waals surface area (Å²) in [7, 11) is -3.60. The van der Waals surface area contributed by atoms with E-state index in [1.807, 2.05) is 0 Å². The molecule has 1 aromatic carbocycles. The van der Waals surface area contributed by atoms with Crippen LogP contribution in [0.25, 0.3) is 0 Å². The minimum atomic E-state index is -3.60. The van der Waals surface area contributed by atoms with E-state index < -0.39 is 21.8 Å². The molecular weight excluding hydrogens is 371 g/mol. The lowest BCUT2D eigenvalue weighted by Gasteiger charge is -2.21. The van der Waals surface area contributed by atoms with Crippen LogP contribution in [0.1, 0.15) is 25.7 Å². The summed E-state index contributed by atoms with van der Waals surface area (Å²) in [6.07, 6.45) is 2.30. The Bertz CT molecular complexity index is 655. The highest BCUT2D eigenvalue weighted by Crippen LogP contribution is 2.18. The van der Waals surface area contributed by atoms with Crippen molar-refractivity contribution < 1.29 is 22.7 Å². The zero-order valence-electron chi connectivity index (χ0n) is 13.9. The van der Waals surface area contributed by atoms with E-state index >= 15 is 0 Å². The quantitative estimate of drug-likeness (QED) is 0.717. The summed E-state index contributed by atoms with van der Waals surface area (Å²) in [5.74, 6) is -1.25. The Morgan fingerprint density at radius 2 is 1.76 bits per heavy atom. The monoisotopic (exact) mass is 394 g/mol. The summed E-state index contributed by atoms with van der Waals surface area (Å²) >= 11 is 0. The highest BCUT2D eigenvalue weighted by Gasteiger charge is 2.26. The molecule has 0 aromatic heterocycles. The van der Waals surface area contributed by atoms with Crippen LogP contribution in [0.2, 0.25) is 0 Å². The molecule has 1 aliphatic heterocycles. The van der Waals surface area contributed by atoms with Gasteiger partial charge in [-0.05, 0) is 56.6 Å². The standard InChI is InChI=1S/C16H23FN2O4S.ClH/c17-14-5-7-15(8-6-14)24(22,23)19-11-3-10-18(12-13-19)9-2-1-4-16(20)21;/h5-8H,1-4,9-13H2,(H,20,21);1H. The molecule has 0 amide bonds. The maximum Gasteiger partial charge on any atom is 0.303 e. The first kappa shape index (κ1) is 21.8. The summed E-state index contributed by atoms with van der Waals surface area (Å²) in [5, 5.41) is 8.63. The van der Waals surface area contributed by atoms with Crippen LogP contribution < -0.4 is 0 Å². The molecule has 0 atom stereocenters. The van der Waals surface area contributed by atoms with Gasteiger partial charge in [0.25, 0.3) is 0 Å². The molecule has 142 valence electrons. The summed E-state index contributed by atoms with van der Waals surface area (Å²) in [5.41, 5.74) is 0. The predicted molar refractivity (Wildman–Crippen MR) is 95.0 cm³/mol. The third kappa shape index (κ3) is 6.54. The fraction of sp³-hybridized carbons (Fsp3) is 0.562. The fourth-order valence-corrected chi connectivity index (χ4v) is 4.25. The highest BCUT2D eigenvalue weighted by molar-refractivity contribution is 7.89. The number of unbranched alkanes of at least 4 members (excludes halogenated alkanes) is 1. The van der Waals surface area contributed by atoms with Gasteiger partial charge in [-0.3, -0.25) is 4.79 Å².